The van der Waals surface area contributed by atoms with E-state index in [4.69, 9.17) is 23.2 Å². The molecule has 0 amide bonds. The molecular weight excluding hydrogens is 295 g/mol. The van der Waals surface area contributed by atoms with Crippen LogP contribution in [-0.2, 0) is 0 Å². The van der Waals surface area contributed by atoms with Crippen LogP contribution >= 0.6 is 23.2 Å². The second-order valence-corrected chi connectivity index (χ2v) is 5.58. The van der Waals surface area contributed by atoms with Gasteiger partial charge < -0.3 is 10.6 Å². The zero-order valence-corrected chi connectivity index (χ0v) is 12.8. The summed E-state index contributed by atoms with van der Waals surface area (Å²) in [7, 11) is 0. The highest BCUT2D eigenvalue weighted by molar-refractivity contribution is 6.39. The van der Waals surface area contributed by atoms with Crippen LogP contribution < -0.4 is 10.6 Å². The minimum atomic E-state index is 0.453. The number of nitrogens with one attached hydrogen (secondary N) is 2. The van der Waals surface area contributed by atoms with Crippen LogP contribution in [0.25, 0.3) is 0 Å². The third kappa shape index (κ3) is 3.99. The lowest BCUT2D eigenvalue weighted by Gasteiger charge is -2.11. The van der Waals surface area contributed by atoms with Crippen molar-refractivity contribution in [2.75, 3.05) is 17.2 Å². The van der Waals surface area contributed by atoms with Crippen LogP contribution in [0.1, 0.15) is 13.8 Å². The molecule has 0 bridgehead atoms. The molecule has 6 heteroatoms. The van der Waals surface area contributed by atoms with Gasteiger partial charge in [0.2, 0.25) is 5.95 Å². The average Bonchev–Trinajstić information content (AvgIpc) is 2.41. The van der Waals surface area contributed by atoms with Crippen molar-refractivity contribution in [3.05, 3.63) is 40.5 Å². The zero-order valence-electron chi connectivity index (χ0n) is 11.3. The number of halogens is 2. The van der Waals surface area contributed by atoms with Crippen molar-refractivity contribution in [2.24, 2.45) is 5.92 Å². The fourth-order valence-corrected chi connectivity index (χ4v) is 2.05. The molecule has 106 valence electrons. The van der Waals surface area contributed by atoms with E-state index in [2.05, 4.69) is 34.4 Å². The first-order chi connectivity index (χ1) is 9.56. The summed E-state index contributed by atoms with van der Waals surface area (Å²) in [4.78, 5) is 8.54. The van der Waals surface area contributed by atoms with Crippen molar-refractivity contribution in [3.8, 4) is 0 Å². The number of hydrogen-bond donors (Lipinski definition) is 2. The van der Waals surface area contributed by atoms with Gasteiger partial charge in [0.1, 0.15) is 5.82 Å². The Morgan fingerprint density at radius 3 is 2.50 bits per heavy atom. The fraction of sp³-hybridized carbons (Fsp3) is 0.286. The molecule has 1 heterocycles. The fourth-order valence-electron chi connectivity index (χ4n) is 1.56. The standard InChI is InChI=1S/C14H16Cl2N4/c1-9(2)8-18-12-6-7-17-14(19-12)20-13-10(15)4-3-5-11(13)16/h3-7,9H,8H2,1-2H3,(H2,17,18,19,20). The van der Waals surface area contributed by atoms with Crippen molar-refractivity contribution >= 4 is 40.7 Å². The highest BCUT2D eigenvalue weighted by atomic mass is 35.5. The minimum absolute atomic E-state index is 0.453. The maximum absolute atomic E-state index is 6.10. The molecule has 0 atom stereocenters. The van der Waals surface area contributed by atoms with Crippen LogP contribution in [0.15, 0.2) is 30.5 Å². The predicted octanol–water partition coefficient (Wildman–Crippen LogP) is 4.59. The van der Waals surface area contributed by atoms with E-state index in [9.17, 15) is 0 Å². The van der Waals surface area contributed by atoms with E-state index >= 15 is 0 Å². The lowest BCUT2D eigenvalue weighted by atomic mass is 10.2. The van der Waals surface area contributed by atoms with Gasteiger partial charge in [-0.05, 0) is 24.1 Å². The van der Waals surface area contributed by atoms with Crippen LogP contribution in [0, 0.1) is 5.92 Å². The molecule has 0 fully saturated rings. The molecule has 0 aliphatic rings. The van der Waals surface area contributed by atoms with Gasteiger partial charge in [-0.25, -0.2) is 4.98 Å². The monoisotopic (exact) mass is 310 g/mol. The van der Waals surface area contributed by atoms with Gasteiger partial charge in [0.25, 0.3) is 0 Å². The van der Waals surface area contributed by atoms with Crippen molar-refractivity contribution in [1.29, 1.82) is 0 Å². The number of rotatable bonds is 5. The van der Waals surface area contributed by atoms with Crippen LogP contribution in [-0.4, -0.2) is 16.5 Å². The van der Waals surface area contributed by atoms with Gasteiger partial charge in [0.05, 0.1) is 15.7 Å². The van der Waals surface area contributed by atoms with Gasteiger partial charge in [-0.3, -0.25) is 0 Å². The summed E-state index contributed by atoms with van der Waals surface area (Å²) in [5, 5.41) is 7.34. The van der Waals surface area contributed by atoms with E-state index in [1.165, 1.54) is 0 Å². The summed E-state index contributed by atoms with van der Waals surface area (Å²) >= 11 is 12.2. The lowest BCUT2D eigenvalue weighted by Crippen LogP contribution is -2.10. The van der Waals surface area contributed by atoms with Crippen molar-refractivity contribution < 1.29 is 0 Å². The quantitative estimate of drug-likeness (QED) is 0.847. The molecule has 2 aromatic rings. The normalized spacial score (nSPS) is 10.7. The van der Waals surface area contributed by atoms with Gasteiger partial charge in [0, 0.05) is 12.7 Å². The van der Waals surface area contributed by atoms with E-state index in [-0.39, 0.29) is 0 Å². The molecule has 0 saturated heterocycles. The number of para-hydroxylation sites is 1. The van der Waals surface area contributed by atoms with Gasteiger partial charge >= 0.3 is 0 Å². The highest BCUT2D eigenvalue weighted by Gasteiger charge is 2.07. The summed E-state index contributed by atoms with van der Waals surface area (Å²) in [6.45, 7) is 5.12. The summed E-state index contributed by atoms with van der Waals surface area (Å²) in [6.07, 6.45) is 1.68. The largest absolute Gasteiger partial charge is 0.370 e. The van der Waals surface area contributed by atoms with E-state index in [1.54, 1.807) is 24.4 Å². The number of hydrogen-bond acceptors (Lipinski definition) is 4. The van der Waals surface area contributed by atoms with E-state index in [0.29, 0.717) is 27.6 Å². The van der Waals surface area contributed by atoms with E-state index in [1.807, 2.05) is 6.07 Å². The van der Waals surface area contributed by atoms with E-state index in [0.717, 1.165) is 12.4 Å². The molecule has 2 rings (SSSR count). The zero-order chi connectivity index (χ0) is 14.5. The van der Waals surface area contributed by atoms with Crippen LogP contribution in [0.5, 0.6) is 0 Å². The Bertz CT molecular complexity index is 567. The Kier molecular flexibility index (Phi) is 5.04. The Hall–Kier alpha value is -1.52. The Morgan fingerprint density at radius 2 is 1.85 bits per heavy atom. The van der Waals surface area contributed by atoms with Crippen molar-refractivity contribution in [1.82, 2.24) is 9.97 Å². The van der Waals surface area contributed by atoms with Crippen molar-refractivity contribution in [3.63, 3.8) is 0 Å². The lowest BCUT2D eigenvalue weighted by molar-refractivity contribution is 0.687. The molecule has 1 aromatic carbocycles. The van der Waals surface area contributed by atoms with Crippen LogP contribution in [0.3, 0.4) is 0 Å². The summed E-state index contributed by atoms with van der Waals surface area (Å²) in [5.41, 5.74) is 0.608. The molecule has 1 aromatic heterocycles. The third-order valence-electron chi connectivity index (χ3n) is 2.55. The molecule has 0 radical (unpaired) electrons. The summed E-state index contributed by atoms with van der Waals surface area (Å²) < 4.78 is 0. The molecule has 0 aliphatic carbocycles. The maximum atomic E-state index is 6.10. The molecule has 2 N–H and O–H groups in total. The Morgan fingerprint density at radius 1 is 1.15 bits per heavy atom. The molecule has 0 unspecified atom stereocenters. The highest BCUT2D eigenvalue weighted by Crippen LogP contribution is 2.31. The summed E-state index contributed by atoms with van der Waals surface area (Å²) in [5.74, 6) is 1.76. The van der Waals surface area contributed by atoms with Gasteiger partial charge in [-0.2, -0.15) is 4.98 Å². The maximum Gasteiger partial charge on any atom is 0.229 e. The average molecular weight is 311 g/mol. The molecule has 0 spiro atoms. The number of nitrogens with zero attached hydrogens (tertiary/aromatic N) is 2. The number of aromatic nitrogens is 2. The topological polar surface area (TPSA) is 49.8 Å². The first kappa shape index (κ1) is 14.9. The predicted molar refractivity (Wildman–Crippen MR) is 85.1 cm³/mol. The van der Waals surface area contributed by atoms with Crippen molar-refractivity contribution in [2.45, 2.75) is 13.8 Å². The number of benzene rings is 1. The molecule has 0 aliphatic heterocycles. The van der Waals surface area contributed by atoms with Gasteiger partial charge in [-0.1, -0.05) is 43.1 Å². The Balaban J connectivity index is 2.15. The Labute approximate surface area is 128 Å². The smallest absolute Gasteiger partial charge is 0.229 e. The second kappa shape index (κ2) is 6.77. The van der Waals surface area contributed by atoms with E-state index < -0.39 is 0 Å². The molecule has 20 heavy (non-hydrogen) atoms. The van der Waals surface area contributed by atoms with Gasteiger partial charge in [0.15, 0.2) is 0 Å². The minimum Gasteiger partial charge on any atom is -0.370 e. The SMILES string of the molecule is CC(C)CNc1ccnc(Nc2c(Cl)cccc2Cl)n1. The molecular formula is C14H16Cl2N4. The number of anilines is 3. The molecule has 0 saturated carbocycles. The first-order valence-electron chi connectivity index (χ1n) is 6.34. The first-order valence-corrected chi connectivity index (χ1v) is 7.10. The van der Waals surface area contributed by atoms with Crippen LogP contribution in [0.2, 0.25) is 10.0 Å². The second-order valence-electron chi connectivity index (χ2n) is 4.76. The molecule has 4 nitrogen and oxygen atoms in total. The summed E-state index contributed by atoms with van der Waals surface area (Å²) in [6, 6.07) is 7.13. The van der Waals surface area contributed by atoms with Gasteiger partial charge in [-0.15, -0.1) is 0 Å². The van der Waals surface area contributed by atoms with Crippen LogP contribution in [0.4, 0.5) is 17.5 Å². The third-order valence-corrected chi connectivity index (χ3v) is 3.18.